The Morgan fingerprint density at radius 1 is 0.797 bits per heavy atom. The number of aromatic nitrogens is 10. The van der Waals surface area contributed by atoms with Gasteiger partial charge in [0.15, 0.2) is 0 Å². The molecule has 2 fully saturated rings. The molecule has 0 aliphatic carbocycles. The van der Waals surface area contributed by atoms with Crippen molar-refractivity contribution >= 4 is 46.5 Å². The van der Waals surface area contributed by atoms with E-state index in [1.165, 1.54) is 4.68 Å². The summed E-state index contributed by atoms with van der Waals surface area (Å²) in [4.78, 5) is 66.3. The Morgan fingerprint density at radius 3 is 1.99 bits per heavy atom. The third-order valence-corrected chi connectivity index (χ3v) is 13.4. The van der Waals surface area contributed by atoms with Crippen LogP contribution < -0.4 is 26.6 Å². The van der Waals surface area contributed by atoms with Crippen LogP contribution >= 0.6 is 0 Å². The Balaban J connectivity index is 1.04. The number of nitrogens with zero attached hydrogens (tertiary/aromatic N) is 13. The summed E-state index contributed by atoms with van der Waals surface area (Å²) in [6.45, 7) is 14.0. The number of anilines is 3. The summed E-state index contributed by atoms with van der Waals surface area (Å²) in [5.74, 6) is 2.76. The van der Waals surface area contributed by atoms with E-state index >= 15 is 0 Å². The minimum Gasteiger partial charge on any atom is -0.481 e. The Bertz CT molecular complexity index is 2580. The van der Waals surface area contributed by atoms with Gasteiger partial charge in [-0.1, -0.05) is 68.7 Å². The maximum absolute atomic E-state index is 14.7. The molecular formula is C50H73N17O7. The molecule has 6 heterocycles. The molecule has 2 saturated heterocycles. The number of H-pyrrole nitrogens is 1. The lowest BCUT2D eigenvalue weighted by molar-refractivity contribution is -0.139. The summed E-state index contributed by atoms with van der Waals surface area (Å²) >= 11 is 0. The molecule has 24 heteroatoms. The molecule has 0 spiro atoms. The van der Waals surface area contributed by atoms with Crippen molar-refractivity contribution in [3.63, 3.8) is 0 Å². The average Bonchev–Trinajstić information content (AvgIpc) is 4.20. The second-order valence-electron chi connectivity index (χ2n) is 19.2. The Kier molecular flexibility index (Phi) is 20.0. The van der Waals surface area contributed by atoms with Crippen molar-refractivity contribution in [1.82, 2.24) is 59.7 Å². The number of rotatable bonds is 28. The molecule has 2 aliphatic heterocycles. The number of benzene rings is 1. The van der Waals surface area contributed by atoms with Gasteiger partial charge >= 0.3 is 5.97 Å². The number of para-hydroxylation sites is 1. The van der Waals surface area contributed by atoms with E-state index in [0.717, 1.165) is 29.4 Å². The van der Waals surface area contributed by atoms with Crippen LogP contribution in [-0.2, 0) is 35.0 Å². The van der Waals surface area contributed by atoms with Gasteiger partial charge in [0.2, 0.25) is 29.7 Å². The van der Waals surface area contributed by atoms with Crippen molar-refractivity contribution in [1.29, 1.82) is 0 Å². The van der Waals surface area contributed by atoms with Crippen molar-refractivity contribution in [3.8, 4) is 12.3 Å². The van der Waals surface area contributed by atoms with Gasteiger partial charge in [-0.3, -0.25) is 14.4 Å². The lowest BCUT2D eigenvalue weighted by Gasteiger charge is -2.38. The average molecular weight is 1020 g/mol. The number of carbonyl (C=O) groups excluding carboxylic acids is 2. The topological polar surface area (TPSA) is 292 Å². The largest absolute Gasteiger partial charge is 0.481 e. The van der Waals surface area contributed by atoms with Crippen LogP contribution in [0.2, 0.25) is 0 Å². The van der Waals surface area contributed by atoms with Crippen LogP contribution in [0.1, 0.15) is 94.6 Å². The summed E-state index contributed by atoms with van der Waals surface area (Å²) in [5.41, 5.74) is 16.0. The third-order valence-electron chi connectivity index (χ3n) is 13.4. The molecule has 24 nitrogen and oxygen atoms in total. The van der Waals surface area contributed by atoms with Crippen molar-refractivity contribution in [2.45, 2.75) is 84.0 Å². The molecule has 0 saturated carbocycles. The molecule has 74 heavy (non-hydrogen) atoms. The van der Waals surface area contributed by atoms with Crippen LogP contribution in [0.5, 0.6) is 0 Å². The highest BCUT2D eigenvalue weighted by Crippen LogP contribution is 2.27. The molecule has 7 N–H and O–H groups in total. The van der Waals surface area contributed by atoms with Crippen LogP contribution in [0.15, 0.2) is 42.7 Å². The summed E-state index contributed by atoms with van der Waals surface area (Å²) < 4.78 is 19.7. The number of hydrogen-bond donors (Lipinski definition) is 5. The number of carboxylic acid groups (broad SMARTS) is 1. The Hall–Kier alpha value is -6.78. The van der Waals surface area contributed by atoms with E-state index in [-0.39, 0.29) is 49.3 Å². The molecular weight excluding hydrogens is 951 g/mol. The van der Waals surface area contributed by atoms with Gasteiger partial charge in [-0.2, -0.15) is 15.0 Å². The normalized spacial score (nSPS) is 16.3. The first-order chi connectivity index (χ1) is 35.8. The van der Waals surface area contributed by atoms with Crippen LogP contribution in [-0.4, -0.2) is 181 Å². The van der Waals surface area contributed by atoms with Gasteiger partial charge in [-0.15, -0.1) is 16.6 Å². The molecule has 400 valence electrons. The van der Waals surface area contributed by atoms with Gasteiger partial charge in [0.1, 0.15) is 18.7 Å². The number of piperazine rings is 2. The standard InChI is InChI=1S/C50H73N17O7/c1-6-23-72-25-27-74-28-26-73-24-14-53-48-55-49(64-19-15-62(16-20-64)46(70)42(12-13-44(68)69)66-33-41(59-61-66)45(52)35(5)7-2)57-50(56-48)65-21-17-63(18-22-65)47(71)43(31-37-30-36-10-8-9-11-39(36)54-37)67-32-40(58-60-67)38(51)29-34(3)4/h1,8-11,30,32-35,38,42-43,45,54H,7,12-29,31,51-52H2,2-5H3,(H,68,69)(H,53,55,56,57)/t35-,38?,42+,43-,45?/m1/s1. The van der Waals surface area contributed by atoms with E-state index in [9.17, 15) is 19.5 Å². The molecule has 1 aromatic carbocycles. The number of aromatic amines is 1. The highest BCUT2D eigenvalue weighted by molar-refractivity contribution is 5.83. The fourth-order valence-corrected chi connectivity index (χ4v) is 8.95. The van der Waals surface area contributed by atoms with Crippen molar-refractivity contribution < 1.29 is 33.7 Å². The minimum atomic E-state index is -1.01. The minimum absolute atomic E-state index is 0.0403. The molecule has 0 radical (unpaired) electrons. The number of nitrogens with one attached hydrogen (secondary N) is 2. The predicted octanol–water partition coefficient (Wildman–Crippen LogP) is 2.61. The fraction of sp³-hybridized carbons (Fsp3) is 0.600. The van der Waals surface area contributed by atoms with Crippen LogP contribution in [0.25, 0.3) is 10.9 Å². The molecule has 2 unspecified atom stereocenters. The van der Waals surface area contributed by atoms with Crippen molar-refractivity contribution in [3.05, 3.63) is 59.8 Å². The summed E-state index contributed by atoms with van der Waals surface area (Å²) in [6.07, 6.45) is 10.4. The van der Waals surface area contributed by atoms with Crippen LogP contribution in [0.3, 0.4) is 0 Å². The number of amides is 2. The summed E-state index contributed by atoms with van der Waals surface area (Å²) in [5, 5.41) is 31.3. The van der Waals surface area contributed by atoms with Crippen molar-refractivity contribution in [2.24, 2.45) is 23.3 Å². The van der Waals surface area contributed by atoms with E-state index in [1.54, 1.807) is 22.0 Å². The van der Waals surface area contributed by atoms with Gasteiger partial charge in [0.25, 0.3) is 0 Å². The zero-order valence-electron chi connectivity index (χ0n) is 43.1. The van der Waals surface area contributed by atoms with Crippen LogP contribution in [0, 0.1) is 24.2 Å². The number of nitrogens with two attached hydrogens (primary N) is 2. The lowest BCUT2D eigenvalue weighted by Crippen LogP contribution is -2.52. The number of carbonyl (C=O) groups is 3. The number of carboxylic acids is 1. The predicted molar refractivity (Wildman–Crippen MR) is 277 cm³/mol. The second kappa shape index (κ2) is 27.0. The zero-order valence-corrected chi connectivity index (χ0v) is 43.1. The lowest BCUT2D eigenvalue weighted by atomic mass is 9.98. The quantitative estimate of drug-likeness (QED) is 0.0355. The molecule has 5 aromatic rings. The third kappa shape index (κ3) is 14.9. The number of fused-ring (bicyclic) bond motifs is 1. The van der Waals surface area contributed by atoms with Gasteiger partial charge in [-0.05, 0) is 42.2 Å². The summed E-state index contributed by atoms with van der Waals surface area (Å²) in [7, 11) is 0. The first kappa shape index (κ1) is 55.0. The number of terminal acetylenes is 1. The zero-order chi connectivity index (χ0) is 52.6. The molecule has 5 atom stereocenters. The fourth-order valence-electron chi connectivity index (χ4n) is 8.95. The SMILES string of the molecule is C#CCOCCOCCOCCNc1nc(N2CCN(C(=O)[C@@H](Cc3cc4ccccc4[nH]3)n3cc(C(N)CC(C)C)nn3)CC2)nc(N2CCN(C(=O)[C@H](CCC(=O)O)n3cc(C(N)[C@H](C)CC)nn3)CC2)n1. The molecule has 7 rings (SSSR count). The smallest absolute Gasteiger partial charge is 0.303 e. The Labute approximate surface area is 431 Å². The van der Waals surface area contributed by atoms with Gasteiger partial charge in [0, 0.05) is 83.0 Å². The number of hydrogen-bond acceptors (Lipinski definition) is 18. The molecule has 2 amide bonds. The van der Waals surface area contributed by atoms with E-state index in [2.05, 4.69) is 56.8 Å². The highest BCUT2D eigenvalue weighted by Gasteiger charge is 2.34. The highest BCUT2D eigenvalue weighted by atomic mass is 16.5. The molecule has 2 aliphatic rings. The Morgan fingerprint density at radius 2 is 1.38 bits per heavy atom. The van der Waals surface area contributed by atoms with E-state index in [0.29, 0.717) is 134 Å². The van der Waals surface area contributed by atoms with Gasteiger partial charge in [-0.25, -0.2) is 9.36 Å². The molecule has 4 aromatic heterocycles. The maximum Gasteiger partial charge on any atom is 0.303 e. The van der Waals surface area contributed by atoms with E-state index in [4.69, 9.17) is 47.1 Å². The van der Waals surface area contributed by atoms with Gasteiger partial charge in [0.05, 0.1) is 68.9 Å². The number of ether oxygens (including phenoxy) is 3. The first-order valence-corrected chi connectivity index (χ1v) is 25.7. The number of aliphatic carboxylic acids is 1. The van der Waals surface area contributed by atoms with Gasteiger partial charge < -0.3 is 60.7 Å². The van der Waals surface area contributed by atoms with E-state index in [1.807, 2.05) is 52.8 Å². The van der Waals surface area contributed by atoms with Crippen LogP contribution in [0.4, 0.5) is 17.8 Å². The molecule has 0 bridgehead atoms. The van der Waals surface area contributed by atoms with E-state index < -0.39 is 18.1 Å². The monoisotopic (exact) mass is 1020 g/mol. The second-order valence-corrected chi connectivity index (χ2v) is 19.2. The summed E-state index contributed by atoms with van der Waals surface area (Å²) in [6, 6.07) is 7.85. The maximum atomic E-state index is 14.7. The first-order valence-electron chi connectivity index (χ1n) is 25.7. The van der Waals surface area contributed by atoms with Crippen molar-refractivity contribution in [2.75, 3.05) is 114 Å².